The molecular formula is C18H35N4O6P3. The van der Waals surface area contributed by atoms with Crippen LogP contribution in [-0.4, -0.2) is 44.6 Å². The second-order valence-electron chi connectivity index (χ2n) is 6.12. The Morgan fingerprint density at radius 1 is 0.613 bits per heavy atom. The number of hydrogen-bond donors (Lipinski definition) is 0. The Balaban J connectivity index is 2.43. The molecule has 178 valence electrons. The summed E-state index contributed by atoms with van der Waals surface area (Å²) in [7, 11) is -9.30. The van der Waals surface area contributed by atoms with Gasteiger partial charge in [0.15, 0.2) is 0 Å². The third-order valence-corrected chi connectivity index (χ3v) is 12.7. The molecule has 0 amide bonds. The molecule has 1 unspecified atom stereocenters. The minimum atomic E-state index is -3.13. The van der Waals surface area contributed by atoms with Crippen molar-refractivity contribution in [1.29, 1.82) is 0 Å². The summed E-state index contributed by atoms with van der Waals surface area (Å²) in [6.07, 6.45) is 5.17. The van der Waals surface area contributed by atoms with Crippen LogP contribution >= 0.6 is 23.0 Å². The number of pyridine rings is 1. The molecular weight excluding hydrogens is 461 g/mol. The largest absolute Gasteiger partial charge is 0.349 e. The van der Waals surface area contributed by atoms with Gasteiger partial charge in [-0.15, -0.1) is 13.5 Å². The molecule has 13 heteroatoms. The van der Waals surface area contributed by atoms with E-state index in [4.69, 9.17) is 40.7 Å². The average molecular weight is 496 g/mol. The van der Waals surface area contributed by atoms with Crippen LogP contribution in [0.4, 0.5) is 0 Å². The van der Waals surface area contributed by atoms with Gasteiger partial charge in [0, 0.05) is 12.4 Å². The van der Waals surface area contributed by atoms with Gasteiger partial charge in [-0.1, -0.05) is 0 Å². The first-order valence-electron chi connectivity index (χ1n) is 10.7. The SMILES string of the molecule is CCOP1(OCC)=NP(OCC)(OCC)=NP(OCC)(OCCCc2ccncc2)=N1. The summed E-state index contributed by atoms with van der Waals surface area (Å²) in [6, 6.07) is 3.98. The minimum Gasteiger partial charge on any atom is -0.307 e. The summed E-state index contributed by atoms with van der Waals surface area (Å²) >= 11 is 0. The normalized spacial score (nSPS) is 21.7. The van der Waals surface area contributed by atoms with Gasteiger partial charge in [0.1, 0.15) is 0 Å². The summed E-state index contributed by atoms with van der Waals surface area (Å²) in [6.45, 7) is 11.6. The molecule has 10 nitrogen and oxygen atoms in total. The Kier molecular flexibility index (Phi) is 11.6. The van der Waals surface area contributed by atoms with Gasteiger partial charge in [0.2, 0.25) is 0 Å². The zero-order valence-corrected chi connectivity index (χ0v) is 21.7. The van der Waals surface area contributed by atoms with Crippen molar-refractivity contribution < 1.29 is 27.1 Å². The molecule has 0 saturated heterocycles. The molecule has 0 spiro atoms. The van der Waals surface area contributed by atoms with Crippen LogP contribution in [0.15, 0.2) is 38.1 Å². The first kappa shape index (κ1) is 26.8. The fourth-order valence-corrected chi connectivity index (χ4v) is 12.3. The number of nitrogens with zero attached hydrogens (tertiary/aromatic N) is 4. The number of aromatic nitrogens is 1. The zero-order valence-electron chi connectivity index (χ0n) is 19.0. The Labute approximate surface area is 186 Å². The maximum atomic E-state index is 6.24. The predicted octanol–water partition coefficient (Wildman–Crippen LogP) is 7.07. The second kappa shape index (κ2) is 13.3. The highest BCUT2D eigenvalue weighted by molar-refractivity contribution is 7.78. The molecule has 0 fully saturated rings. The van der Waals surface area contributed by atoms with E-state index in [0.29, 0.717) is 39.6 Å². The molecule has 31 heavy (non-hydrogen) atoms. The van der Waals surface area contributed by atoms with Crippen molar-refractivity contribution >= 4 is 23.0 Å². The Bertz CT molecular complexity index is 801. The lowest BCUT2D eigenvalue weighted by atomic mass is 10.1. The molecule has 0 radical (unpaired) electrons. The third-order valence-electron chi connectivity index (χ3n) is 3.78. The second-order valence-corrected chi connectivity index (χ2v) is 12.8. The van der Waals surface area contributed by atoms with Gasteiger partial charge in [0.25, 0.3) is 0 Å². The van der Waals surface area contributed by atoms with Gasteiger partial charge in [-0.05, 0) is 65.2 Å². The third kappa shape index (κ3) is 7.85. The van der Waals surface area contributed by atoms with Crippen LogP contribution in [0.5, 0.6) is 0 Å². The first-order chi connectivity index (χ1) is 15.0. The van der Waals surface area contributed by atoms with E-state index in [2.05, 4.69) is 4.98 Å². The Morgan fingerprint density at radius 2 is 1.00 bits per heavy atom. The molecule has 0 bridgehead atoms. The van der Waals surface area contributed by atoms with E-state index in [1.54, 1.807) is 12.4 Å². The van der Waals surface area contributed by atoms with E-state index in [1.165, 1.54) is 5.56 Å². The summed E-state index contributed by atoms with van der Waals surface area (Å²) < 4.78 is 50.4. The number of hydrogen-bond acceptors (Lipinski definition) is 10. The average Bonchev–Trinajstić information content (AvgIpc) is 2.73. The highest BCUT2D eigenvalue weighted by Crippen LogP contribution is 2.80. The minimum absolute atomic E-state index is 0.363. The summed E-state index contributed by atoms with van der Waals surface area (Å²) in [5.41, 5.74) is 1.19. The molecule has 1 atom stereocenters. The van der Waals surface area contributed by atoms with Gasteiger partial charge in [-0.3, -0.25) is 4.98 Å². The number of aryl methyl sites for hydroxylation is 1. The highest BCUT2D eigenvalue weighted by atomic mass is 31.3. The summed E-state index contributed by atoms with van der Waals surface area (Å²) in [5, 5.41) is 0. The molecule has 1 aromatic rings. The standard InChI is InChI=1S/C18H35N4O6P3/c1-6-23-29(24-7-2)20-30(25-8-3,26-9-4)22-31(21-29,27-10-5)28-17-11-12-18-13-15-19-16-14-18/h13-16H,6-12,17H2,1-5H3. The van der Waals surface area contributed by atoms with Crippen LogP contribution in [0.25, 0.3) is 0 Å². The van der Waals surface area contributed by atoms with Crippen molar-refractivity contribution in [3.05, 3.63) is 30.1 Å². The Hall–Kier alpha value is -0.400. The molecule has 1 aliphatic rings. The lowest BCUT2D eigenvalue weighted by molar-refractivity contribution is 0.229. The van der Waals surface area contributed by atoms with Crippen LogP contribution in [0.2, 0.25) is 0 Å². The molecule has 0 aromatic carbocycles. The molecule has 0 aliphatic carbocycles. The molecule has 2 rings (SSSR count). The molecule has 0 saturated carbocycles. The maximum Gasteiger partial charge on any atom is 0.349 e. The van der Waals surface area contributed by atoms with E-state index in [0.717, 1.165) is 12.8 Å². The van der Waals surface area contributed by atoms with E-state index in [1.807, 2.05) is 46.8 Å². The fraction of sp³-hybridized carbons (Fsp3) is 0.722. The summed E-state index contributed by atoms with van der Waals surface area (Å²) in [4.78, 5) is 4.05. The first-order valence-corrected chi connectivity index (χ1v) is 15.3. The Morgan fingerprint density at radius 3 is 1.39 bits per heavy atom. The monoisotopic (exact) mass is 496 g/mol. The van der Waals surface area contributed by atoms with E-state index >= 15 is 0 Å². The van der Waals surface area contributed by atoms with Crippen LogP contribution in [0, 0.1) is 0 Å². The molecule has 1 aliphatic heterocycles. The summed E-state index contributed by atoms with van der Waals surface area (Å²) in [5.74, 6) is 0. The maximum absolute atomic E-state index is 6.24. The van der Waals surface area contributed by atoms with Gasteiger partial charge >= 0.3 is 23.0 Å². The fourth-order valence-electron chi connectivity index (χ4n) is 2.75. The number of rotatable bonds is 15. The van der Waals surface area contributed by atoms with Gasteiger partial charge in [-0.2, -0.15) is 0 Å². The van der Waals surface area contributed by atoms with Crippen molar-refractivity contribution in [3.8, 4) is 0 Å². The molecule has 0 N–H and O–H groups in total. The molecule has 1 aromatic heterocycles. The molecule has 2 heterocycles. The van der Waals surface area contributed by atoms with Crippen LogP contribution in [0.3, 0.4) is 0 Å². The van der Waals surface area contributed by atoms with Gasteiger partial charge in [0.05, 0.1) is 39.6 Å². The quantitative estimate of drug-likeness (QED) is 0.189. The van der Waals surface area contributed by atoms with Crippen molar-refractivity contribution in [2.75, 3.05) is 39.6 Å². The lowest BCUT2D eigenvalue weighted by Gasteiger charge is -2.32. The topological polar surface area (TPSA) is 105 Å². The zero-order chi connectivity index (χ0) is 22.6. The highest BCUT2D eigenvalue weighted by Gasteiger charge is 2.42. The van der Waals surface area contributed by atoms with Crippen LogP contribution < -0.4 is 0 Å². The van der Waals surface area contributed by atoms with E-state index in [-0.39, 0.29) is 0 Å². The van der Waals surface area contributed by atoms with Crippen molar-refractivity contribution in [2.24, 2.45) is 13.5 Å². The van der Waals surface area contributed by atoms with E-state index < -0.39 is 23.0 Å². The van der Waals surface area contributed by atoms with Gasteiger partial charge in [-0.25, -0.2) is 0 Å². The van der Waals surface area contributed by atoms with Crippen LogP contribution in [0.1, 0.15) is 46.6 Å². The smallest absolute Gasteiger partial charge is 0.307 e. The van der Waals surface area contributed by atoms with Gasteiger partial charge < -0.3 is 27.1 Å². The van der Waals surface area contributed by atoms with Crippen molar-refractivity contribution in [1.82, 2.24) is 4.98 Å². The van der Waals surface area contributed by atoms with Crippen molar-refractivity contribution in [3.63, 3.8) is 0 Å². The predicted molar refractivity (Wildman–Crippen MR) is 125 cm³/mol. The van der Waals surface area contributed by atoms with E-state index in [9.17, 15) is 0 Å². The lowest BCUT2D eigenvalue weighted by Crippen LogP contribution is -2.05. The van der Waals surface area contributed by atoms with Crippen LogP contribution in [-0.2, 0) is 33.6 Å². The van der Waals surface area contributed by atoms with Crippen molar-refractivity contribution in [2.45, 2.75) is 47.5 Å².